The molecular formula is C14H19F3N2. The zero-order valence-electron chi connectivity index (χ0n) is 10.8. The van der Waals surface area contributed by atoms with Crippen molar-refractivity contribution in [3.8, 4) is 0 Å². The Kier molecular flexibility index (Phi) is 4.82. The molecule has 19 heavy (non-hydrogen) atoms. The lowest BCUT2D eigenvalue weighted by atomic mass is 9.97. The lowest BCUT2D eigenvalue weighted by Crippen LogP contribution is -2.42. The standard InChI is InChI=1S/C14H19F3N2/c15-14(16,17)18-9-13-7-4-8-19(11-13)10-12-5-2-1-3-6-12/h1-3,5-6,13,18H,4,7-11H2/t13-/m1/s1. The molecule has 1 N–H and O–H groups in total. The van der Waals surface area contributed by atoms with Crippen molar-refractivity contribution in [2.24, 2.45) is 5.92 Å². The van der Waals surface area contributed by atoms with E-state index in [1.54, 1.807) is 5.32 Å². The molecule has 0 radical (unpaired) electrons. The second-order valence-corrected chi connectivity index (χ2v) is 5.11. The second-order valence-electron chi connectivity index (χ2n) is 5.11. The van der Waals surface area contributed by atoms with Gasteiger partial charge in [-0.05, 0) is 30.9 Å². The van der Waals surface area contributed by atoms with E-state index >= 15 is 0 Å². The molecule has 0 spiro atoms. The van der Waals surface area contributed by atoms with Gasteiger partial charge >= 0.3 is 6.30 Å². The van der Waals surface area contributed by atoms with E-state index in [0.29, 0.717) is 0 Å². The number of hydrogen-bond acceptors (Lipinski definition) is 2. The van der Waals surface area contributed by atoms with Gasteiger partial charge in [-0.3, -0.25) is 4.90 Å². The van der Waals surface area contributed by atoms with E-state index in [4.69, 9.17) is 0 Å². The van der Waals surface area contributed by atoms with Crippen LogP contribution in [0.2, 0.25) is 0 Å². The van der Waals surface area contributed by atoms with Crippen molar-refractivity contribution >= 4 is 0 Å². The maximum atomic E-state index is 12.1. The highest BCUT2D eigenvalue weighted by molar-refractivity contribution is 5.14. The number of benzene rings is 1. The lowest BCUT2D eigenvalue weighted by Gasteiger charge is -2.33. The number of likely N-dealkylation sites (tertiary alicyclic amines) is 1. The Labute approximate surface area is 111 Å². The third-order valence-corrected chi connectivity index (χ3v) is 3.44. The zero-order valence-corrected chi connectivity index (χ0v) is 10.8. The molecule has 1 aromatic carbocycles. The van der Waals surface area contributed by atoms with Crippen LogP contribution in [0.3, 0.4) is 0 Å². The van der Waals surface area contributed by atoms with Gasteiger partial charge in [-0.1, -0.05) is 30.3 Å². The minimum absolute atomic E-state index is 0.0226. The largest absolute Gasteiger partial charge is 0.457 e. The summed E-state index contributed by atoms with van der Waals surface area (Å²) in [6.07, 6.45) is -2.42. The van der Waals surface area contributed by atoms with E-state index in [0.717, 1.165) is 32.5 Å². The summed E-state index contributed by atoms with van der Waals surface area (Å²) in [5.74, 6) is 0.0825. The molecule has 1 fully saturated rings. The van der Waals surface area contributed by atoms with Crippen LogP contribution in [0.5, 0.6) is 0 Å². The number of halogens is 3. The number of rotatable bonds is 4. The molecule has 1 heterocycles. The fourth-order valence-electron chi connectivity index (χ4n) is 2.56. The summed E-state index contributed by atoms with van der Waals surface area (Å²) in [5.41, 5.74) is 1.21. The first-order chi connectivity index (χ1) is 9.03. The van der Waals surface area contributed by atoms with Crippen LogP contribution in [-0.2, 0) is 6.54 Å². The highest BCUT2D eigenvalue weighted by Gasteiger charge is 2.29. The van der Waals surface area contributed by atoms with Crippen LogP contribution in [0.4, 0.5) is 13.2 Å². The number of alkyl halides is 3. The highest BCUT2D eigenvalue weighted by atomic mass is 19.4. The maximum absolute atomic E-state index is 12.1. The zero-order chi connectivity index (χ0) is 13.7. The molecule has 0 aromatic heterocycles. The van der Waals surface area contributed by atoms with Gasteiger partial charge in [0.1, 0.15) is 0 Å². The monoisotopic (exact) mass is 272 g/mol. The van der Waals surface area contributed by atoms with E-state index in [1.165, 1.54) is 5.56 Å². The summed E-state index contributed by atoms with van der Waals surface area (Å²) < 4.78 is 36.4. The van der Waals surface area contributed by atoms with Crippen LogP contribution in [0.15, 0.2) is 30.3 Å². The minimum Gasteiger partial charge on any atom is -0.299 e. The first kappa shape index (κ1) is 14.3. The van der Waals surface area contributed by atoms with Crippen molar-refractivity contribution in [2.75, 3.05) is 19.6 Å². The van der Waals surface area contributed by atoms with Crippen LogP contribution in [-0.4, -0.2) is 30.8 Å². The molecule has 2 nitrogen and oxygen atoms in total. The van der Waals surface area contributed by atoms with Crippen LogP contribution in [0.25, 0.3) is 0 Å². The van der Waals surface area contributed by atoms with Crippen molar-refractivity contribution in [3.05, 3.63) is 35.9 Å². The molecule has 0 unspecified atom stereocenters. The summed E-state index contributed by atoms with van der Waals surface area (Å²) in [6, 6.07) is 10.1. The molecule has 1 aliphatic rings. The molecule has 1 aromatic rings. The highest BCUT2D eigenvalue weighted by Crippen LogP contribution is 2.19. The first-order valence-corrected chi connectivity index (χ1v) is 6.61. The number of hydrogen-bond donors (Lipinski definition) is 1. The molecule has 1 aliphatic heterocycles. The summed E-state index contributed by atoms with van der Waals surface area (Å²) >= 11 is 0. The molecule has 0 amide bonds. The van der Waals surface area contributed by atoms with Crippen molar-refractivity contribution in [1.29, 1.82) is 0 Å². The van der Waals surface area contributed by atoms with Crippen LogP contribution in [0.1, 0.15) is 18.4 Å². The van der Waals surface area contributed by atoms with Gasteiger partial charge in [0.15, 0.2) is 0 Å². The van der Waals surface area contributed by atoms with Crippen molar-refractivity contribution in [2.45, 2.75) is 25.7 Å². The Balaban J connectivity index is 1.80. The van der Waals surface area contributed by atoms with E-state index in [2.05, 4.69) is 17.0 Å². The Morgan fingerprint density at radius 3 is 2.63 bits per heavy atom. The fraction of sp³-hybridized carbons (Fsp3) is 0.571. The third-order valence-electron chi connectivity index (χ3n) is 3.44. The molecule has 1 saturated heterocycles. The Hall–Kier alpha value is -1.07. The van der Waals surface area contributed by atoms with Gasteiger partial charge in [0.2, 0.25) is 0 Å². The normalized spacial score (nSPS) is 21.5. The predicted octanol–water partition coefficient (Wildman–Crippen LogP) is 3.01. The fourth-order valence-corrected chi connectivity index (χ4v) is 2.56. The molecule has 0 aliphatic carbocycles. The third kappa shape index (κ3) is 5.20. The minimum atomic E-state index is -4.26. The summed E-state index contributed by atoms with van der Waals surface area (Å²) in [6.45, 7) is 2.55. The summed E-state index contributed by atoms with van der Waals surface area (Å²) in [4.78, 5) is 2.24. The van der Waals surface area contributed by atoms with Gasteiger partial charge in [0.05, 0.1) is 0 Å². The van der Waals surface area contributed by atoms with Crippen LogP contribution >= 0.6 is 0 Å². The van der Waals surface area contributed by atoms with E-state index in [9.17, 15) is 13.2 Å². The van der Waals surface area contributed by atoms with E-state index < -0.39 is 6.30 Å². The molecule has 0 saturated carbocycles. The van der Waals surface area contributed by atoms with Crippen LogP contribution in [0, 0.1) is 5.92 Å². The average molecular weight is 272 g/mol. The van der Waals surface area contributed by atoms with E-state index in [-0.39, 0.29) is 12.5 Å². The van der Waals surface area contributed by atoms with Crippen molar-refractivity contribution < 1.29 is 13.2 Å². The lowest BCUT2D eigenvalue weighted by molar-refractivity contribution is -0.159. The summed E-state index contributed by atoms with van der Waals surface area (Å²) in [5, 5.41) is 1.65. The van der Waals surface area contributed by atoms with Crippen molar-refractivity contribution in [3.63, 3.8) is 0 Å². The Bertz CT molecular complexity index is 378. The Morgan fingerprint density at radius 1 is 1.21 bits per heavy atom. The van der Waals surface area contributed by atoms with Gasteiger partial charge in [0, 0.05) is 19.6 Å². The molecule has 5 heteroatoms. The Morgan fingerprint density at radius 2 is 1.95 bits per heavy atom. The van der Waals surface area contributed by atoms with Gasteiger partial charge in [-0.2, -0.15) is 13.2 Å². The van der Waals surface area contributed by atoms with Gasteiger partial charge in [0.25, 0.3) is 0 Å². The predicted molar refractivity (Wildman–Crippen MR) is 68.5 cm³/mol. The van der Waals surface area contributed by atoms with E-state index in [1.807, 2.05) is 18.2 Å². The topological polar surface area (TPSA) is 15.3 Å². The average Bonchev–Trinajstić information content (AvgIpc) is 2.37. The maximum Gasteiger partial charge on any atom is 0.457 e. The summed E-state index contributed by atoms with van der Waals surface area (Å²) in [7, 11) is 0. The van der Waals surface area contributed by atoms with Crippen molar-refractivity contribution in [1.82, 2.24) is 10.2 Å². The van der Waals surface area contributed by atoms with Gasteiger partial charge < -0.3 is 0 Å². The number of piperidine rings is 1. The SMILES string of the molecule is FC(F)(F)NC[C@H]1CCCN(Cc2ccccc2)C1. The number of nitrogens with zero attached hydrogens (tertiary/aromatic N) is 1. The molecular weight excluding hydrogens is 253 g/mol. The molecule has 106 valence electrons. The van der Waals surface area contributed by atoms with Crippen LogP contribution < -0.4 is 5.32 Å². The molecule has 2 rings (SSSR count). The number of nitrogens with one attached hydrogen (secondary N) is 1. The molecule has 1 atom stereocenters. The quantitative estimate of drug-likeness (QED) is 0.848. The molecule has 0 bridgehead atoms. The van der Waals surface area contributed by atoms with Gasteiger partial charge in [-0.25, -0.2) is 5.32 Å². The smallest absolute Gasteiger partial charge is 0.299 e. The first-order valence-electron chi connectivity index (χ1n) is 6.61. The van der Waals surface area contributed by atoms with Gasteiger partial charge in [-0.15, -0.1) is 0 Å². The second kappa shape index (κ2) is 6.39.